The molecule has 30 heavy (non-hydrogen) atoms. The summed E-state index contributed by atoms with van der Waals surface area (Å²) < 4.78 is 5.32. The third-order valence-corrected chi connectivity index (χ3v) is 6.07. The molecule has 1 aliphatic carbocycles. The third-order valence-electron chi connectivity index (χ3n) is 6.07. The van der Waals surface area contributed by atoms with Crippen LogP contribution >= 0.6 is 0 Å². The van der Waals surface area contributed by atoms with Gasteiger partial charge in [-0.15, -0.1) is 0 Å². The molecule has 3 atom stereocenters. The van der Waals surface area contributed by atoms with E-state index in [4.69, 9.17) is 4.74 Å². The van der Waals surface area contributed by atoms with Gasteiger partial charge in [-0.2, -0.15) is 0 Å². The zero-order chi connectivity index (χ0) is 21.5. The van der Waals surface area contributed by atoms with Crippen LogP contribution in [0, 0.1) is 11.8 Å². The minimum Gasteiger partial charge on any atom is -0.497 e. The fourth-order valence-corrected chi connectivity index (χ4v) is 4.48. The summed E-state index contributed by atoms with van der Waals surface area (Å²) in [4.78, 5) is 27.0. The number of ether oxygens (including phenoxy) is 1. The fraction of sp³-hybridized carbons (Fsp3) is 0.652. The van der Waals surface area contributed by atoms with Gasteiger partial charge in [-0.05, 0) is 57.6 Å². The van der Waals surface area contributed by atoms with Gasteiger partial charge in [0.2, 0.25) is 5.91 Å². The third kappa shape index (κ3) is 6.28. The minimum absolute atomic E-state index is 0.00213. The van der Waals surface area contributed by atoms with Crippen LogP contribution in [-0.2, 0) is 4.79 Å². The Labute approximate surface area is 179 Å². The summed E-state index contributed by atoms with van der Waals surface area (Å²) in [6.07, 6.45) is 4.59. The van der Waals surface area contributed by atoms with Crippen molar-refractivity contribution in [2.45, 2.75) is 58.0 Å². The highest BCUT2D eigenvalue weighted by atomic mass is 16.5. The Bertz CT molecular complexity index is 724. The molecule has 7 nitrogen and oxygen atoms in total. The monoisotopic (exact) mass is 416 g/mol. The number of anilines is 1. The number of amides is 3. The second kappa shape index (κ2) is 10.5. The second-order valence-corrected chi connectivity index (χ2v) is 8.88. The number of hydrogen-bond acceptors (Lipinski definition) is 4. The summed E-state index contributed by atoms with van der Waals surface area (Å²) in [6, 6.07) is 8.20. The van der Waals surface area contributed by atoms with Crippen molar-refractivity contribution in [2.75, 3.05) is 31.6 Å². The Morgan fingerprint density at radius 1 is 1.23 bits per heavy atom. The number of hydrogen-bond donors (Lipinski definition) is 3. The average molecular weight is 417 g/mol. The van der Waals surface area contributed by atoms with Crippen LogP contribution < -0.4 is 25.6 Å². The summed E-state index contributed by atoms with van der Waals surface area (Å²) in [5, 5.41) is 9.11. The van der Waals surface area contributed by atoms with Crippen molar-refractivity contribution in [1.82, 2.24) is 16.0 Å². The number of benzene rings is 1. The predicted octanol–water partition coefficient (Wildman–Crippen LogP) is 2.90. The van der Waals surface area contributed by atoms with E-state index in [1.54, 1.807) is 7.11 Å². The molecular formula is C23H36N4O3. The molecule has 1 aliphatic heterocycles. The standard InChI is InChI=1S/C23H36N4O3/c1-16(2)25-22(28)18-6-4-7-19(12-18)26-23(29)24-14-17-10-11-27(15-17)20-8-5-9-21(13-20)30-3/h5,8-9,13,16-19H,4,6-7,10-12,14-15H2,1-3H3,(H,25,28)(H2,24,26,29). The molecule has 0 bridgehead atoms. The van der Waals surface area contributed by atoms with E-state index < -0.39 is 0 Å². The molecule has 166 valence electrons. The Hall–Kier alpha value is -2.44. The summed E-state index contributed by atoms with van der Waals surface area (Å²) in [7, 11) is 1.68. The van der Waals surface area contributed by atoms with Gasteiger partial charge in [0.05, 0.1) is 7.11 Å². The number of carbonyl (C=O) groups excluding carboxylic acids is 2. The van der Waals surface area contributed by atoms with Gasteiger partial charge in [0.15, 0.2) is 0 Å². The minimum atomic E-state index is -0.121. The molecule has 0 spiro atoms. The molecule has 3 amide bonds. The van der Waals surface area contributed by atoms with E-state index in [9.17, 15) is 9.59 Å². The highest BCUT2D eigenvalue weighted by molar-refractivity contribution is 5.79. The number of nitrogens with one attached hydrogen (secondary N) is 3. The van der Waals surface area contributed by atoms with Gasteiger partial charge in [-0.3, -0.25) is 4.79 Å². The molecule has 0 aromatic heterocycles. The Morgan fingerprint density at radius 3 is 2.83 bits per heavy atom. The van der Waals surface area contributed by atoms with Crippen molar-refractivity contribution in [2.24, 2.45) is 11.8 Å². The molecule has 2 fully saturated rings. The van der Waals surface area contributed by atoms with E-state index in [1.807, 2.05) is 26.0 Å². The van der Waals surface area contributed by atoms with Crippen LogP contribution in [0.1, 0.15) is 46.0 Å². The van der Waals surface area contributed by atoms with Crippen LogP contribution in [0.3, 0.4) is 0 Å². The van der Waals surface area contributed by atoms with E-state index in [0.717, 1.165) is 56.6 Å². The van der Waals surface area contributed by atoms with Crippen molar-refractivity contribution in [1.29, 1.82) is 0 Å². The first-order chi connectivity index (χ1) is 14.4. The molecule has 0 radical (unpaired) electrons. The summed E-state index contributed by atoms with van der Waals surface area (Å²) in [5.74, 6) is 1.40. The van der Waals surface area contributed by atoms with E-state index in [-0.39, 0.29) is 29.9 Å². The van der Waals surface area contributed by atoms with Gasteiger partial charge in [0.25, 0.3) is 0 Å². The Morgan fingerprint density at radius 2 is 2.07 bits per heavy atom. The topological polar surface area (TPSA) is 82.7 Å². The molecule has 7 heteroatoms. The molecular weight excluding hydrogens is 380 g/mol. The van der Waals surface area contributed by atoms with Gasteiger partial charge in [-0.25, -0.2) is 4.79 Å². The quantitative estimate of drug-likeness (QED) is 0.638. The summed E-state index contributed by atoms with van der Waals surface area (Å²) >= 11 is 0. The van der Waals surface area contributed by atoms with Gasteiger partial charge in [0.1, 0.15) is 5.75 Å². The zero-order valence-corrected chi connectivity index (χ0v) is 18.4. The maximum Gasteiger partial charge on any atom is 0.315 e. The molecule has 1 saturated heterocycles. The van der Waals surface area contributed by atoms with Crippen molar-refractivity contribution < 1.29 is 14.3 Å². The van der Waals surface area contributed by atoms with Crippen LogP contribution in [0.4, 0.5) is 10.5 Å². The molecule has 1 saturated carbocycles. The highest BCUT2D eigenvalue weighted by Gasteiger charge is 2.29. The van der Waals surface area contributed by atoms with Gasteiger partial charge < -0.3 is 25.6 Å². The van der Waals surface area contributed by atoms with E-state index >= 15 is 0 Å². The number of urea groups is 1. The van der Waals surface area contributed by atoms with E-state index in [2.05, 4.69) is 33.0 Å². The smallest absolute Gasteiger partial charge is 0.315 e. The van der Waals surface area contributed by atoms with Crippen LogP contribution in [0.15, 0.2) is 24.3 Å². The van der Waals surface area contributed by atoms with Gasteiger partial charge in [0, 0.05) is 49.4 Å². The molecule has 3 unspecified atom stereocenters. The van der Waals surface area contributed by atoms with Crippen molar-refractivity contribution in [3.05, 3.63) is 24.3 Å². The second-order valence-electron chi connectivity index (χ2n) is 8.88. The van der Waals surface area contributed by atoms with Crippen molar-refractivity contribution in [3.8, 4) is 5.75 Å². The van der Waals surface area contributed by atoms with Crippen molar-refractivity contribution >= 4 is 17.6 Å². The molecule has 1 aromatic carbocycles. The first kappa shape index (κ1) is 22.2. The maximum atomic E-state index is 12.4. The van der Waals surface area contributed by atoms with Crippen LogP contribution in [0.5, 0.6) is 5.75 Å². The number of carbonyl (C=O) groups is 2. The largest absolute Gasteiger partial charge is 0.497 e. The average Bonchev–Trinajstić information content (AvgIpc) is 3.21. The zero-order valence-electron chi connectivity index (χ0n) is 18.4. The van der Waals surface area contributed by atoms with E-state index in [0.29, 0.717) is 12.5 Å². The van der Waals surface area contributed by atoms with Gasteiger partial charge in [-0.1, -0.05) is 12.5 Å². The van der Waals surface area contributed by atoms with Crippen LogP contribution in [-0.4, -0.2) is 50.8 Å². The molecule has 2 aliphatic rings. The first-order valence-corrected chi connectivity index (χ1v) is 11.2. The summed E-state index contributed by atoms with van der Waals surface area (Å²) in [6.45, 7) is 6.52. The number of methoxy groups -OCH3 is 1. The Balaban J connectivity index is 1.40. The lowest BCUT2D eigenvalue weighted by molar-refractivity contribution is -0.126. The van der Waals surface area contributed by atoms with E-state index in [1.165, 1.54) is 0 Å². The first-order valence-electron chi connectivity index (χ1n) is 11.2. The molecule has 3 rings (SSSR count). The SMILES string of the molecule is COc1cccc(N2CCC(CNC(=O)NC3CCCC(C(=O)NC(C)C)C3)C2)c1. The predicted molar refractivity (Wildman–Crippen MR) is 119 cm³/mol. The van der Waals surface area contributed by atoms with Crippen LogP contribution in [0.25, 0.3) is 0 Å². The lowest BCUT2D eigenvalue weighted by Crippen LogP contribution is -2.47. The molecule has 3 N–H and O–H groups in total. The molecule has 1 heterocycles. The van der Waals surface area contributed by atoms with Crippen LogP contribution in [0.2, 0.25) is 0 Å². The maximum absolute atomic E-state index is 12.4. The lowest BCUT2D eigenvalue weighted by Gasteiger charge is -2.29. The molecule has 1 aromatic rings. The lowest BCUT2D eigenvalue weighted by atomic mass is 9.85. The summed E-state index contributed by atoms with van der Waals surface area (Å²) in [5.41, 5.74) is 1.16. The van der Waals surface area contributed by atoms with Gasteiger partial charge >= 0.3 is 6.03 Å². The number of rotatable bonds is 7. The number of nitrogens with zero attached hydrogens (tertiary/aromatic N) is 1. The fourth-order valence-electron chi connectivity index (χ4n) is 4.48. The van der Waals surface area contributed by atoms with Crippen molar-refractivity contribution in [3.63, 3.8) is 0 Å². The highest BCUT2D eigenvalue weighted by Crippen LogP contribution is 2.27. The normalized spacial score (nSPS) is 23.9. The Kier molecular flexibility index (Phi) is 7.82.